The van der Waals surface area contributed by atoms with Crippen LogP contribution in [0.2, 0.25) is 0 Å². The molecule has 0 saturated carbocycles. The fourth-order valence-electron chi connectivity index (χ4n) is 3.09. The zero-order valence-corrected chi connectivity index (χ0v) is 17.1. The number of nitrogens with zero attached hydrogens (tertiary/aromatic N) is 2. The van der Waals surface area contributed by atoms with E-state index in [9.17, 15) is 19.2 Å². The van der Waals surface area contributed by atoms with Crippen LogP contribution in [0.25, 0.3) is 0 Å². The molecule has 1 aliphatic rings. The fraction of sp³-hybridized carbons (Fsp3) is 0.0909. The summed E-state index contributed by atoms with van der Waals surface area (Å²) in [5.74, 6) is -1.14. The lowest BCUT2D eigenvalue weighted by Crippen LogP contribution is -2.39. The number of nitrogens with one attached hydrogen (secondary N) is 2. The second kappa shape index (κ2) is 8.80. The van der Waals surface area contributed by atoms with Crippen LogP contribution in [0, 0.1) is 0 Å². The van der Waals surface area contributed by atoms with Crippen molar-refractivity contribution in [1.82, 2.24) is 4.90 Å². The summed E-state index contributed by atoms with van der Waals surface area (Å²) in [5, 5.41) is 7.25. The van der Waals surface area contributed by atoms with Crippen molar-refractivity contribution in [2.24, 2.45) is 0 Å². The van der Waals surface area contributed by atoms with E-state index in [4.69, 9.17) is 0 Å². The minimum Gasteiger partial charge on any atom is -0.325 e. The molecule has 8 nitrogen and oxygen atoms in total. The first-order valence-electron chi connectivity index (χ1n) is 9.43. The predicted octanol–water partition coefficient (Wildman–Crippen LogP) is 3.41. The Morgan fingerprint density at radius 2 is 1.55 bits per heavy atom. The lowest BCUT2D eigenvalue weighted by molar-refractivity contribution is -0.128. The Kier molecular flexibility index (Phi) is 5.76. The average Bonchev–Trinajstić information content (AvgIpc) is 3.40. The van der Waals surface area contributed by atoms with Gasteiger partial charge >= 0.3 is 6.03 Å². The Morgan fingerprint density at radius 3 is 2.19 bits per heavy atom. The van der Waals surface area contributed by atoms with E-state index < -0.39 is 17.8 Å². The highest BCUT2D eigenvalue weighted by Crippen LogP contribution is 2.21. The summed E-state index contributed by atoms with van der Waals surface area (Å²) in [6.45, 7) is -0.480. The molecule has 2 heterocycles. The largest absolute Gasteiger partial charge is 0.332 e. The number of hydrogen-bond acceptors (Lipinski definition) is 5. The van der Waals surface area contributed by atoms with Gasteiger partial charge in [-0.25, -0.2) is 4.79 Å². The highest BCUT2D eigenvalue weighted by atomic mass is 32.1. The third-order valence-electron chi connectivity index (χ3n) is 4.60. The van der Waals surface area contributed by atoms with Crippen LogP contribution in [-0.2, 0) is 9.59 Å². The molecule has 1 aromatic heterocycles. The number of benzene rings is 2. The monoisotopic (exact) mass is 434 g/mol. The third kappa shape index (κ3) is 4.62. The van der Waals surface area contributed by atoms with E-state index in [1.165, 1.54) is 16.2 Å². The molecule has 0 radical (unpaired) electrons. The molecule has 0 aliphatic carbocycles. The van der Waals surface area contributed by atoms with Crippen LogP contribution < -0.4 is 15.5 Å². The maximum atomic E-state index is 12.6. The number of imide groups is 1. The SMILES string of the molecule is O=C(CN1C(=O)CN(c2ccccc2)C1=O)Nc1ccc(NC(=O)c2cccs2)cc1. The van der Waals surface area contributed by atoms with Crippen LogP contribution in [0.1, 0.15) is 9.67 Å². The van der Waals surface area contributed by atoms with E-state index in [2.05, 4.69) is 10.6 Å². The van der Waals surface area contributed by atoms with Crippen molar-refractivity contribution in [2.45, 2.75) is 0 Å². The molecule has 0 unspecified atom stereocenters. The highest BCUT2D eigenvalue weighted by molar-refractivity contribution is 7.12. The molecule has 0 atom stereocenters. The van der Waals surface area contributed by atoms with Gasteiger partial charge < -0.3 is 10.6 Å². The van der Waals surface area contributed by atoms with E-state index in [1.807, 2.05) is 11.4 Å². The summed E-state index contributed by atoms with van der Waals surface area (Å²) >= 11 is 1.34. The van der Waals surface area contributed by atoms with Crippen molar-refractivity contribution < 1.29 is 19.2 Å². The van der Waals surface area contributed by atoms with Gasteiger partial charge in [-0.3, -0.25) is 24.2 Å². The van der Waals surface area contributed by atoms with Crippen molar-refractivity contribution in [2.75, 3.05) is 28.6 Å². The third-order valence-corrected chi connectivity index (χ3v) is 5.47. The van der Waals surface area contributed by atoms with Crippen molar-refractivity contribution in [3.8, 4) is 0 Å². The van der Waals surface area contributed by atoms with Crippen LogP contribution in [0.5, 0.6) is 0 Å². The van der Waals surface area contributed by atoms with Crippen molar-refractivity contribution in [3.05, 3.63) is 77.0 Å². The van der Waals surface area contributed by atoms with E-state index >= 15 is 0 Å². The number of urea groups is 1. The Labute approximate surface area is 182 Å². The number of hydrogen-bond donors (Lipinski definition) is 2. The summed E-state index contributed by atoms with van der Waals surface area (Å²) in [6, 6.07) is 18.4. The second-order valence-electron chi connectivity index (χ2n) is 6.74. The number of thiophene rings is 1. The minimum absolute atomic E-state index is 0.102. The average molecular weight is 434 g/mol. The number of carbonyl (C=O) groups excluding carboxylic acids is 4. The molecular formula is C22H18N4O4S. The Balaban J connectivity index is 1.34. The van der Waals surface area contributed by atoms with Gasteiger partial charge in [-0.1, -0.05) is 24.3 Å². The molecule has 1 aliphatic heterocycles. The summed E-state index contributed by atoms with van der Waals surface area (Å²) in [5.41, 5.74) is 1.67. The molecule has 31 heavy (non-hydrogen) atoms. The van der Waals surface area contributed by atoms with Gasteiger partial charge in [-0.05, 0) is 47.8 Å². The smallest absolute Gasteiger partial charge is 0.325 e. The fourth-order valence-corrected chi connectivity index (χ4v) is 3.71. The van der Waals surface area contributed by atoms with Crippen molar-refractivity contribution >= 4 is 52.2 Å². The normalized spacial score (nSPS) is 13.4. The van der Waals surface area contributed by atoms with Crippen molar-refractivity contribution in [3.63, 3.8) is 0 Å². The summed E-state index contributed by atoms with van der Waals surface area (Å²) in [4.78, 5) is 52.1. The zero-order valence-electron chi connectivity index (χ0n) is 16.3. The van der Waals surface area contributed by atoms with E-state index in [0.29, 0.717) is 21.9 Å². The first-order valence-corrected chi connectivity index (χ1v) is 10.3. The highest BCUT2D eigenvalue weighted by Gasteiger charge is 2.37. The number of rotatable bonds is 6. The van der Waals surface area contributed by atoms with Gasteiger partial charge in [0, 0.05) is 17.1 Å². The molecule has 0 spiro atoms. The second-order valence-corrected chi connectivity index (χ2v) is 7.69. The molecule has 3 aromatic rings. The quantitative estimate of drug-likeness (QED) is 0.581. The Hall–Kier alpha value is -3.98. The van der Waals surface area contributed by atoms with Gasteiger partial charge in [0.1, 0.15) is 13.1 Å². The summed E-state index contributed by atoms with van der Waals surface area (Å²) in [6.07, 6.45) is 0. The van der Waals surface area contributed by atoms with Gasteiger partial charge in [-0.2, -0.15) is 0 Å². The van der Waals surface area contributed by atoms with Gasteiger partial charge in [0.25, 0.3) is 11.8 Å². The van der Waals surface area contributed by atoms with Crippen LogP contribution in [0.3, 0.4) is 0 Å². The molecule has 156 valence electrons. The molecule has 5 amide bonds. The molecule has 2 aromatic carbocycles. The standard InChI is InChI=1S/C22H18N4O4S/c27-19(13-26-20(28)14-25(22(26)30)17-5-2-1-3-6-17)23-15-8-10-16(11-9-15)24-21(29)18-7-4-12-31-18/h1-12H,13-14H2,(H,23,27)(H,24,29). The Bertz CT molecular complexity index is 1110. The zero-order chi connectivity index (χ0) is 21.8. The van der Waals surface area contributed by atoms with Crippen LogP contribution in [0.15, 0.2) is 72.1 Å². The number of para-hydroxylation sites is 1. The molecule has 4 rings (SSSR count). The Morgan fingerprint density at radius 1 is 0.871 bits per heavy atom. The van der Waals surface area contributed by atoms with E-state index in [-0.39, 0.29) is 19.0 Å². The molecule has 9 heteroatoms. The van der Waals surface area contributed by atoms with Gasteiger partial charge in [-0.15, -0.1) is 11.3 Å². The van der Waals surface area contributed by atoms with Gasteiger partial charge in [0.15, 0.2) is 0 Å². The molecule has 1 saturated heterocycles. The maximum Gasteiger partial charge on any atom is 0.332 e. The van der Waals surface area contributed by atoms with E-state index in [0.717, 1.165) is 4.90 Å². The summed E-state index contributed by atoms with van der Waals surface area (Å²) in [7, 11) is 0. The minimum atomic E-state index is -0.530. The van der Waals surface area contributed by atoms with Crippen LogP contribution >= 0.6 is 11.3 Å². The maximum absolute atomic E-state index is 12.6. The van der Waals surface area contributed by atoms with Crippen molar-refractivity contribution in [1.29, 1.82) is 0 Å². The lowest BCUT2D eigenvalue weighted by atomic mass is 10.2. The van der Waals surface area contributed by atoms with Gasteiger partial charge in [0.2, 0.25) is 5.91 Å². The molecule has 2 N–H and O–H groups in total. The topological polar surface area (TPSA) is 98.8 Å². The number of carbonyl (C=O) groups is 4. The van der Waals surface area contributed by atoms with Gasteiger partial charge in [0.05, 0.1) is 4.88 Å². The van der Waals surface area contributed by atoms with Crippen LogP contribution in [-0.4, -0.2) is 41.7 Å². The predicted molar refractivity (Wildman–Crippen MR) is 118 cm³/mol. The van der Waals surface area contributed by atoms with E-state index in [1.54, 1.807) is 60.7 Å². The first kappa shape index (κ1) is 20.3. The van der Waals surface area contributed by atoms with Crippen LogP contribution in [0.4, 0.5) is 21.9 Å². The first-order chi connectivity index (χ1) is 15.0. The molecule has 0 bridgehead atoms. The number of amides is 5. The lowest BCUT2D eigenvalue weighted by Gasteiger charge is -2.17. The molecule has 1 fully saturated rings. The molecular weight excluding hydrogens is 416 g/mol. The number of anilines is 3. The summed E-state index contributed by atoms with van der Waals surface area (Å²) < 4.78 is 0.